The van der Waals surface area contributed by atoms with Gasteiger partial charge in [-0.2, -0.15) is 0 Å². The molecule has 7 heteroatoms. The highest BCUT2D eigenvalue weighted by atomic mass is 16.5. The van der Waals surface area contributed by atoms with Crippen molar-refractivity contribution in [3.63, 3.8) is 0 Å². The van der Waals surface area contributed by atoms with Gasteiger partial charge in [-0.25, -0.2) is 4.79 Å². The fourth-order valence-corrected chi connectivity index (χ4v) is 4.28. The van der Waals surface area contributed by atoms with Gasteiger partial charge in [0.15, 0.2) is 11.5 Å². The van der Waals surface area contributed by atoms with Crippen molar-refractivity contribution in [3.8, 4) is 17.2 Å². The second kappa shape index (κ2) is 8.94. The Bertz CT molecular complexity index is 1230. The summed E-state index contributed by atoms with van der Waals surface area (Å²) in [4.78, 5) is 27.4. The van der Waals surface area contributed by atoms with Crippen LogP contribution in [0.4, 0.5) is 0 Å². The van der Waals surface area contributed by atoms with Crippen molar-refractivity contribution in [2.45, 2.75) is 32.7 Å². The van der Waals surface area contributed by atoms with E-state index in [0.29, 0.717) is 47.9 Å². The monoisotopic (exact) mass is 437 g/mol. The Hall–Kier alpha value is -3.48. The molecule has 0 unspecified atom stereocenters. The average Bonchev–Trinajstić information content (AvgIpc) is 2.81. The quantitative estimate of drug-likeness (QED) is 0.548. The molecule has 0 aliphatic carbocycles. The van der Waals surface area contributed by atoms with E-state index in [0.717, 1.165) is 28.5 Å². The molecular formula is C25H27NO6. The van der Waals surface area contributed by atoms with Crippen LogP contribution in [-0.2, 0) is 24.2 Å². The summed E-state index contributed by atoms with van der Waals surface area (Å²) in [6.45, 7) is 3.04. The molecule has 1 aliphatic heterocycles. The zero-order valence-corrected chi connectivity index (χ0v) is 18.8. The minimum atomic E-state index is -0.406. The Morgan fingerprint density at radius 1 is 1.03 bits per heavy atom. The van der Waals surface area contributed by atoms with E-state index in [1.54, 1.807) is 27.4 Å². The van der Waals surface area contributed by atoms with Crippen LogP contribution in [0, 0.1) is 6.92 Å². The molecule has 0 fully saturated rings. The Kier molecular flexibility index (Phi) is 6.08. The Labute approximate surface area is 186 Å². The number of hydrogen-bond donors (Lipinski definition) is 0. The number of aryl methyl sites for hydroxylation is 1. The van der Waals surface area contributed by atoms with Crippen molar-refractivity contribution in [2.24, 2.45) is 0 Å². The molecule has 0 spiro atoms. The molecule has 7 nitrogen and oxygen atoms in total. The van der Waals surface area contributed by atoms with Crippen LogP contribution in [0.15, 0.2) is 39.5 Å². The molecule has 3 aromatic rings. The number of fused-ring (bicyclic) bond motifs is 2. The number of benzene rings is 2. The van der Waals surface area contributed by atoms with Gasteiger partial charge in [0.1, 0.15) is 11.3 Å². The van der Waals surface area contributed by atoms with Crippen LogP contribution >= 0.6 is 0 Å². The molecule has 0 N–H and O–H groups in total. The number of carbonyl (C=O) groups is 1. The van der Waals surface area contributed by atoms with Crippen molar-refractivity contribution < 1.29 is 23.4 Å². The second-order valence-electron chi connectivity index (χ2n) is 7.90. The maximum absolute atomic E-state index is 12.9. The standard InChI is InChI=1S/C25H27NO6/c1-15-19-6-5-18(29-2)13-21(19)32-25(28)20(15)7-8-24(27)26-10-9-16-11-22(30-3)23(31-4)12-17(16)14-26/h5-6,11-13H,7-10,14H2,1-4H3. The number of rotatable bonds is 6. The van der Waals surface area contributed by atoms with Gasteiger partial charge in [0.2, 0.25) is 5.91 Å². The van der Waals surface area contributed by atoms with Crippen LogP contribution in [0.25, 0.3) is 11.0 Å². The third-order valence-electron chi connectivity index (χ3n) is 6.15. The summed E-state index contributed by atoms with van der Waals surface area (Å²) < 4.78 is 21.5. The minimum absolute atomic E-state index is 0.0130. The number of ether oxygens (including phenoxy) is 3. The maximum Gasteiger partial charge on any atom is 0.339 e. The van der Waals surface area contributed by atoms with Crippen LogP contribution in [0.2, 0.25) is 0 Å². The molecule has 1 aliphatic rings. The van der Waals surface area contributed by atoms with E-state index in [1.165, 1.54) is 0 Å². The molecule has 32 heavy (non-hydrogen) atoms. The van der Waals surface area contributed by atoms with Crippen LogP contribution in [-0.4, -0.2) is 38.7 Å². The van der Waals surface area contributed by atoms with Gasteiger partial charge in [0.25, 0.3) is 0 Å². The highest BCUT2D eigenvalue weighted by molar-refractivity contribution is 5.83. The van der Waals surface area contributed by atoms with Gasteiger partial charge in [-0.3, -0.25) is 4.79 Å². The number of amides is 1. The SMILES string of the molecule is COc1ccc2c(C)c(CCC(=O)N3CCc4cc(OC)c(OC)cc4C3)c(=O)oc2c1. The fraction of sp³-hybridized carbons (Fsp3) is 0.360. The lowest BCUT2D eigenvalue weighted by molar-refractivity contribution is -0.132. The van der Waals surface area contributed by atoms with Crippen LogP contribution in [0.5, 0.6) is 17.2 Å². The smallest absolute Gasteiger partial charge is 0.339 e. The van der Waals surface area contributed by atoms with E-state index >= 15 is 0 Å². The van der Waals surface area contributed by atoms with Gasteiger partial charge in [-0.15, -0.1) is 0 Å². The first-order valence-corrected chi connectivity index (χ1v) is 10.6. The summed E-state index contributed by atoms with van der Waals surface area (Å²) in [7, 11) is 4.78. The van der Waals surface area contributed by atoms with Gasteiger partial charge in [0.05, 0.1) is 21.3 Å². The molecule has 2 aromatic carbocycles. The molecule has 0 saturated heterocycles. The normalized spacial score (nSPS) is 13.1. The lowest BCUT2D eigenvalue weighted by Crippen LogP contribution is -2.36. The fourth-order valence-electron chi connectivity index (χ4n) is 4.28. The van der Waals surface area contributed by atoms with E-state index in [-0.39, 0.29) is 12.3 Å². The summed E-state index contributed by atoms with van der Waals surface area (Å²) in [6, 6.07) is 9.32. The van der Waals surface area contributed by atoms with Crippen molar-refractivity contribution in [1.29, 1.82) is 0 Å². The van der Waals surface area contributed by atoms with E-state index in [9.17, 15) is 9.59 Å². The second-order valence-corrected chi connectivity index (χ2v) is 7.90. The van der Waals surface area contributed by atoms with Crippen LogP contribution in [0.1, 0.15) is 28.7 Å². The summed E-state index contributed by atoms with van der Waals surface area (Å²) in [5.41, 5.74) is 3.67. The zero-order valence-electron chi connectivity index (χ0n) is 18.8. The summed E-state index contributed by atoms with van der Waals surface area (Å²) >= 11 is 0. The molecular weight excluding hydrogens is 410 g/mol. The largest absolute Gasteiger partial charge is 0.497 e. The summed E-state index contributed by atoms with van der Waals surface area (Å²) in [6.07, 6.45) is 1.33. The maximum atomic E-state index is 12.9. The first kappa shape index (κ1) is 21.7. The average molecular weight is 437 g/mol. The molecule has 0 radical (unpaired) electrons. The molecule has 1 aromatic heterocycles. The van der Waals surface area contributed by atoms with Crippen molar-refractivity contribution in [2.75, 3.05) is 27.9 Å². The number of nitrogens with zero attached hydrogens (tertiary/aromatic N) is 1. The van der Waals surface area contributed by atoms with E-state index < -0.39 is 5.63 Å². The van der Waals surface area contributed by atoms with Gasteiger partial charge in [-0.05, 0) is 60.7 Å². The Balaban J connectivity index is 1.50. The van der Waals surface area contributed by atoms with Crippen LogP contribution < -0.4 is 19.8 Å². The molecule has 0 saturated carbocycles. The molecule has 1 amide bonds. The molecule has 168 valence electrons. The summed E-state index contributed by atoms with van der Waals surface area (Å²) in [5.74, 6) is 1.99. The van der Waals surface area contributed by atoms with Gasteiger partial charge in [-0.1, -0.05) is 0 Å². The van der Waals surface area contributed by atoms with Crippen molar-refractivity contribution >= 4 is 16.9 Å². The van der Waals surface area contributed by atoms with Gasteiger partial charge < -0.3 is 23.5 Å². The summed E-state index contributed by atoms with van der Waals surface area (Å²) in [5, 5.41) is 0.848. The highest BCUT2D eigenvalue weighted by Gasteiger charge is 2.23. The van der Waals surface area contributed by atoms with E-state index in [4.69, 9.17) is 18.6 Å². The number of methoxy groups -OCH3 is 3. The van der Waals surface area contributed by atoms with E-state index in [1.807, 2.05) is 36.1 Å². The molecule has 2 heterocycles. The van der Waals surface area contributed by atoms with Crippen molar-refractivity contribution in [3.05, 3.63) is 63.0 Å². The lowest BCUT2D eigenvalue weighted by Gasteiger charge is -2.29. The molecule has 0 atom stereocenters. The first-order valence-electron chi connectivity index (χ1n) is 10.6. The Morgan fingerprint density at radius 2 is 1.75 bits per heavy atom. The predicted molar refractivity (Wildman–Crippen MR) is 121 cm³/mol. The Morgan fingerprint density at radius 3 is 2.44 bits per heavy atom. The van der Waals surface area contributed by atoms with Gasteiger partial charge >= 0.3 is 5.63 Å². The first-order chi connectivity index (χ1) is 15.4. The number of hydrogen-bond acceptors (Lipinski definition) is 6. The zero-order chi connectivity index (χ0) is 22.8. The number of carbonyl (C=O) groups excluding carboxylic acids is 1. The minimum Gasteiger partial charge on any atom is -0.497 e. The molecule has 4 rings (SSSR count). The van der Waals surface area contributed by atoms with E-state index in [2.05, 4.69) is 0 Å². The third-order valence-corrected chi connectivity index (χ3v) is 6.15. The topological polar surface area (TPSA) is 78.2 Å². The van der Waals surface area contributed by atoms with Gasteiger partial charge in [0, 0.05) is 36.5 Å². The third kappa shape index (κ3) is 4.02. The van der Waals surface area contributed by atoms with Crippen LogP contribution in [0.3, 0.4) is 0 Å². The predicted octanol–water partition coefficient (Wildman–Crippen LogP) is 3.64. The highest BCUT2D eigenvalue weighted by Crippen LogP contribution is 2.33. The lowest BCUT2D eigenvalue weighted by atomic mass is 9.97. The molecule has 0 bridgehead atoms. The van der Waals surface area contributed by atoms with Crippen molar-refractivity contribution in [1.82, 2.24) is 4.90 Å².